The molecule has 1 atom stereocenters. The van der Waals surface area contributed by atoms with Crippen LogP contribution in [0.5, 0.6) is 0 Å². The van der Waals surface area contributed by atoms with Gasteiger partial charge in [-0.1, -0.05) is 19.3 Å². The highest BCUT2D eigenvalue weighted by molar-refractivity contribution is 6.28. The van der Waals surface area contributed by atoms with Gasteiger partial charge in [0.1, 0.15) is 5.76 Å². The van der Waals surface area contributed by atoms with Gasteiger partial charge in [0.2, 0.25) is 0 Å². The van der Waals surface area contributed by atoms with Crippen LogP contribution in [0.2, 0.25) is 5.22 Å². The summed E-state index contributed by atoms with van der Waals surface area (Å²) in [5.41, 5.74) is 6.13. The van der Waals surface area contributed by atoms with Crippen molar-refractivity contribution >= 4 is 24.0 Å². The van der Waals surface area contributed by atoms with Gasteiger partial charge in [-0.25, -0.2) is 0 Å². The molecular formula is C11H17Cl2NO. The number of hydrogen-bond acceptors (Lipinski definition) is 2. The van der Waals surface area contributed by atoms with Gasteiger partial charge in [-0.15, -0.1) is 12.4 Å². The molecular weight excluding hydrogens is 233 g/mol. The molecule has 1 aromatic rings. The predicted octanol–water partition coefficient (Wildman–Crippen LogP) is 3.93. The van der Waals surface area contributed by atoms with Crippen molar-refractivity contribution in [2.75, 3.05) is 0 Å². The van der Waals surface area contributed by atoms with Gasteiger partial charge in [-0.2, -0.15) is 0 Å². The molecule has 2 N–H and O–H groups in total. The first kappa shape index (κ1) is 12.9. The van der Waals surface area contributed by atoms with Crippen LogP contribution in [0.1, 0.15) is 43.9 Å². The van der Waals surface area contributed by atoms with Gasteiger partial charge in [-0.3, -0.25) is 0 Å². The van der Waals surface area contributed by atoms with Crippen molar-refractivity contribution in [3.8, 4) is 0 Å². The lowest BCUT2D eigenvalue weighted by molar-refractivity contribution is 0.281. The molecule has 0 aliphatic heterocycles. The van der Waals surface area contributed by atoms with E-state index in [0.717, 1.165) is 5.76 Å². The van der Waals surface area contributed by atoms with E-state index in [2.05, 4.69) is 0 Å². The van der Waals surface area contributed by atoms with Gasteiger partial charge in [0, 0.05) is 0 Å². The van der Waals surface area contributed by atoms with E-state index in [0.29, 0.717) is 11.1 Å². The molecule has 0 aromatic carbocycles. The normalized spacial score (nSPS) is 19.6. The number of halogens is 2. The fourth-order valence-corrected chi connectivity index (χ4v) is 2.39. The third-order valence-electron chi connectivity index (χ3n) is 3.08. The molecule has 2 nitrogen and oxygen atoms in total. The van der Waals surface area contributed by atoms with Crippen molar-refractivity contribution in [1.82, 2.24) is 0 Å². The SMILES string of the molecule is Cl.N[C@H](c1ccc(Cl)o1)C1CCCCC1. The number of furan rings is 1. The Morgan fingerprint density at radius 2 is 1.93 bits per heavy atom. The lowest BCUT2D eigenvalue weighted by Crippen LogP contribution is -2.22. The topological polar surface area (TPSA) is 39.2 Å². The Hall–Kier alpha value is -0.180. The van der Waals surface area contributed by atoms with Gasteiger partial charge in [0.15, 0.2) is 5.22 Å². The first-order valence-corrected chi connectivity index (χ1v) is 5.66. The largest absolute Gasteiger partial charge is 0.448 e. The predicted molar refractivity (Wildman–Crippen MR) is 64.5 cm³/mol. The average Bonchev–Trinajstić information content (AvgIpc) is 2.65. The molecule has 1 aliphatic carbocycles. The minimum Gasteiger partial charge on any atom is -0.448 e. The van der Waals surface area contributed by atoms with Gasteiger partial charge in [0.05, 0.1) is 6.04 Å². The van der Waals surface area contributed by atoms with E-state index in [1.807, 2.05) is 6.07 Å². The zero-order valence-corrected chi connectivity index (χ0v) is 10.2. The monoisotopic (exact) mass is 249 g/mol. The molecule has 0 unspecified atom stereocenters. The summed E-state index contributed by atoms with van der Waals surface area (Å²) in [6.45, 7) is 0. The highest BCUT2D eigenvalue weighted by Crippen LogP contribution is 2.33. The molecule has 1 aliphatic rings. The molecule has 0 spiro atoms. The smallest absolute Gasteiger partial charge is 0.193 e. The number of nitrogens with two attached hydrogens (primary N) is 1. The Bertz CT molecular complexity index is 295. The maximum absolute atomic E-state index is 6.13. The van der Waals surface area contributed by atoms with Crippen molar-refractivity contribution in [2.24, 2.45) is 11.7 Å². The zero-order valence-electron chi connectivity index (χ0n) is 8.62. The lowest BCUT2D eigenvalue weighted by atomic mass is 9.83. The Morgan fingerprint density at radius 3 is 2.47 bits per heavy atom. The Labute approximate surface area is 102 Å². The molecule has 1 aromatic heterocycles. The maximum atomic E-state index is 6.13. The first-order chi connectivity index (χ1) is 6.77. The molecule has 15 heavy (non-hydrogen) atoms. The Kier molecular flexibility index (Phi) is 4.97. The van der Waals surface area contributed by atoms with Crippen molar-refractivity contribution in [1.29, 1.82) is 0 Å². The van der Waals surface area contributed by atoms with Crippen LogP contribution < -0.4 is 5.73 Å². The van der Waals surface area contributed by atoms with Crippen LogP contribution in [0.15, 0.2) is 16.5 Å². The average molecular weight is 250 g/mol. The van der Waals surface area contributed by atoms with Crippen molar-refractivity contribution in [2.45, 2.75) is 38.1 Å². The second-order valence-corrected chi connectivity index (χ2v) is 4.44. The summed E-state index contributed by atoms with van der Waals surface area (Å²) in [7, 11) is 0. The van der Waals surface area contributed by atoms with Crippen LogP contribution >= 0.6 is 24.0 Å². The molecule has 4 heteroatoms. The summed E-state index contributed by atoms with van der Waals surface area (Å²) in [6.07, 6.45) is 6.39. The summed E-state index contributed by atoms with van der Waals surface area (Å²) >= 11 is 5.72. The van der Waals surface area contributed by atoms with E-state index in [4.69, 9.17) is 21.8 Å². The van der Waals surface area contributed by atoms with Crippen LogP contribution in [0, 0.1) is 5.92 Å². The summed E-state index contributed by atoms with van der Waals surface area (Å²) < 4.78 is 5.34. The summed E-state index contributed by atoms with van der Waals surface area (Å²) in [6, 6.07) is 3.68. The van der Waals surface area contributed by atoms with Gasteiger partial charge < -0.3 is 10.2 Å². The minimum absolute atomic E-state index is 0. The molecule has 0 amide bonds. The van der Waals surface area contributed by atoms with Crippen LogP contribution in [0.4, 0.5) is 0 Å². The van der Waals surface area contributed by atoms with Crippen LogP contribution in [-0.2, 0) is 0 Å². The first-order valence-electron chi connectivity index (χ1n) is 5.28. The van der Waals surface area contributed by atoms with Crippen molar-refractivity contribution < 1.29 is 4.42 Å². The third-order valence-corrected chi connectivity index (χ3v) is 3.28. The van der Waals surface area contributed by atoms with E-state index in [9.17, 15) is 0 Å². The zero-order chi connectivity index (χ0) is 9.97. The van der Waals surface area contributed by atoms with Crippen LogP contribution in [-0.4, -0.2) is 0 Å². The van der Waals surface area contributed by atoms with Gasteiger partial charge in [0.25, 0.3) is 0 Å². The number of rotatable bonds is 2. The third kappa shape index (κ3) is 3.13. The lowest BCUT2D eigenvalue weighted by Gasteiger charge is -2.25. The van der Waals surface area contributed by atoms with Crippen LogP contribution in [0.3, 0.4) is 0 Å². The van der Waals surface area contributed by atoms with E-state index >= 15 is 0 Å². The highest BCUT2D eigenvalue weighted by atomic mass is 35.5. The van der Waals surface area contributed by atoms with E-state index in [1.54, 1.807) is 6.07 Å². The minimum atomic E-state index is 0. The molecule has 1 heterocycles. The molecule has 0 saturated heterocycles. The van der Waals surface area contributed by atoms with E-state index < -0.39 is 0 Å². The van der Waals surface area contributed by atoms with Gasteiger partial charge in [-0.05, 0) is 42.5 Å². The second-order valence-electron chi connectivity index (χ2n) is 4.07. The molecule has 2 rings (SSSR count). The second kappa shape index (κ2) is 5.78. The fraction of sp³-hybridized carbons (Fsp3) is 0.636. The van der Waals surface area contributed by atoms with Crippen molar-refractivity contribution in [3.63, 3.8) is 0 Å². The van der Waals surface area contributed by atoms with E-state index in [-0.39, 0.29) is 18.4 Å². The Morgan fingerprint density at radius 1 is 1.27 bits per heavy atom. The molecule has 1 saturated carbocycles. The quantitative estimate of drug-likeness (QED) is 0.863. The summed E-state index contributed by atoms with van der Waals surface area (Å²) in [5.74, 6) is 1.41. The summed E-state index contributed by atoms with van der Waals surface area (Å²) in [5, 5.41) is 0.436. The molecule has 0 bridgehead atoms. The van der Waals surface area contributed by atoms with Crippen LogP contribution in [0.25, 0.3) is 0 Å². The maximum Gasteiger partial charge on any atom is 0.193 e. The Balaban J connectivity index is 0.00000112. The van der Waals surface area contributed by atoms with E-state index in [1.165, 1.54) is 32.1 Å². The molecule has 86 valence electrons. The van der Waals surface area contributed by atoms with Gasteiger partial charge >= 0.3 is 0 Å². The number of hydrogen-bond donors (Lipinski definition) is 1. The standard InChI is InChI=1S/C11H16ClNO.ClH/c12-10-7-6-9(14-10)11(13)8-4-2-1-3-5-8;/h6-8,11H,1-5,13H2;1H/t11-;/m0./s1. The fourth-order valence-electron chi connectivity index (χ4n) is 2.23. The molecule has 1 fully saturated rings. The summed E-state index contributed by atoms with van der Waals surface area (Å²) in [4.78, 5) is 0. The molecule has 0 radical (unpaired) electrons. The highest BCUT2D eigenvalue weighted by Gasteiger charge is 2.23. The van der Waals surface area contributed by atoms with Crippen molar-refractivity contribution in [3.05, 3.63) is 23.1 Å².